The van der Waals surface area contributed by atoms with Gasteiger partial charge >= 0.3 is 6.16 Å². The molecule has 0 spiro atoms. The lowest BCUT2D eigenvalue weighted by molar-refractivity contribution is -0.384. The third-order valence-electron chi connectivity index (χ3n) is 2.50. The van der Waals surface area contributed by atoms with Crippen LogP contribution in [0.1, 0.15) is 11.1 Å². The van der Waals surface area contributed by atoms with Crippen LogP contribution in [0.3, 0.4) is 0 Å². The molecule has 0 saturated heterocycles. The van der Waals surface area contributed by atoms with Gasteiger partial charge in [0.2, 0.25) is 0 Å². The minimum Gasteiger partial charge on any atom is -0.450 e. The van der Waals surface area contributed by atoms with Crippen LogP contribution in [0, 0.1) is 10.1 Å². The second-order valence-electron chi connectivity index (χ2n) is 3.97. The second-order valence-corrected chi connectivity index (χ2v) is 4.83. The molecule has 0 amide bonds. The number of carbonyl (C=O) groups is 1. The normalized spacial score (nSPS) is 9.38. The van der Waals surface area contributed by atoms with Gasteiger partial charge in [0.15, 0.2) is 0 Å². The number of nitro benzene ring substituents is 1. The van der Waals surface area contributed by atoms with Crippen molar-refractivity contribution in [3.05, 3.63) is 74.2 Å². The largest absolute Gasteiger partial charge is 0.503 e. The lowest BCUT2D eigenvalue weighted by atomic mass is 10.1. The number of non-ortho nitro benzene ring substituents is 1. The van der Waals surface area contributed by atoms with Crippen LogP contribution in [0.5, 0.6) is 0 Å². The summed E-state index contributed by atoms with van der Waals surface area (Å²) in [7, 11) is 0. The highest BCUT2D eigenvalue weighted by Crippen LogP contribution is 2.20. The fourth-order valence-electron chi connectivity index (χ4n) is 1.60. The number of benzene rings is 2. The summed E-state index contributed by atoms with van der Waals surface area (Å²) in [6.45, 7) is 0. The monoisotopic (exact) mass is 353 g/mol. The molecule has 2 rings (SSSR count). The Kier molecular flexibility index (Phi) is 6.35. The van der Waals surface area contributed by atoms with Gasteiger partial charge in [0, 0.05) is 16.6 Å². The Morgan fingerprint density at radius 2 is 1.62 bits per heavy atom. The molecule has 0 bridgehead atoms. The van der Waals surface area contributed by atoms with E-state index in [-0.39, 0.29) is 10.6 Å². The molecule has 110 valence electrons. The minimum absolute atomic E-state index is 0.126. The number of nitro groups is 1. The van der Waals surface area contributed by atoms with Crippen LogP contribution in [0.15, 0.2) is 53.0 Å². The molecular formula is C14H12BrNO5. The molecule has 2 aromatic rings. The summed E-state index contributed by atoms with van der Waals surface area (Å²) in [5.41, 5.74) is 2.35. The number of hydrogen-bond donors (Lipinski definition) is 2. The van der Waals surface area contributed by atoms with Gasteiger partial charge in [0.1, 0.15) is 0 Å². The van der Waals surface area contributed by atoms with Crippen LogP contribution in [0.4, 0.5) is 10.5 Å². The summed E-state index contributed by atoms with van der Waals surface area (Å²) in [5.74, 6) is 0. The zero-order valence-corrected chi connectivity index (χ0v) is 12.4. The van der Waals surface area contributed by atoms with E-state index in [0.29, 0.717) is 0 Å². The summed E-state index contributed by atoms with van der Waals surface area (Å²) < 4.78 is 1.05. The van der Waals surface area contributed by atoms with Gasteiger partial charge in [-0.05, 0) is 23.6 Å². The van der Waals surface area contributed by atoms with Crippen LogP contribution < -0.4 is 0 Å². The molecule has 6 nitrogen and oxygen atoms in total. The molecule has 21 heavy (non-hydrogen) atoms. The lowest BCUT2D eigenvalue weighted by Gasteiger charge is -2.04. The van der Waals surface area contributed by atoms with Gasteiger partial charge in [-0.3, -0.25) is 10.1 Å². The first kappa shape index (κ1) is 16.6. The Balaban J connectivity index is 0.000000491. The number of hydrogen-bond acceptors (Lipinski definition) is 3. The highest BCUT2D eigenvalue weighted by Gasteiger charge is 2.05. The van der Waals surface area contributed by atoms with Crippen LogP contribution in [0.25, 0.3) is 0 Å². The van der Waals surface area contributed by atoms with E-state index >= 15 is 0 Å². The van der Waals surface area contributed by atoms with Gasteiger partial charge in [-0.1, -0.05) is 46.3 Å². The summed E-state index contributed by atoms with van der Waals surface area (Å²) >= 11 is 3.48. The van der Waals surface area contributed by atoms with Crippen LogP contribution in [-0.4, -0.2) is 21.3 Å². The van der Waals surface area contributed by atoms with Crippen LogP contribution in [-0.2, 0) is 6.42 Å². The van der Waals surface area contributed by atoms with Gasteiger partial charge in [-0.15, -0.1) is 0 Å². The van der Waals surface area contributed by atoms with Crippen molar-refractivity contribution in [1.29, 1.82) is 0 Å². The Hall–Kier alpha value is -2.41. The molecule has 0 fully saturated rings. The van der Waals surface area contributed by atoms with Gasteiger partial charge in [-0.25, -0.2) is 4.79 Å². The van der Waals surface area contributed by atoms with Crippen molar-refractivity contribution >= 4 is 27.8 Å². The Bertz CT molecular complexity index is 624. The number of nitrogens with zero attached hydrogens (tertiary/aromatic N) is 1. The van der Waals surface area contributed by atoms with Crippen LogP contribution >= 0.6 is 15.9 Å². The maximum absolute atomic E-state index is 10.5. The van der Waals surface area contributed by atoms with Gasteiger partial charge in [0.25, 0.3) is 5.69 Å². The van der Waals surface area contributed by atoms with Crippen LogP contribution in [0.2, 0.25) is 0 Å². The molecule has 0 aliphatic heterocycles. The predicted octanol–water partition coefficient (Wildman–Crippen LogP) is 4.17. The Morgan fingerprint density at radius 1 is 1.10 bits per heavy atom. The lowest BCUT2D eigenvalue weighted by Crippen LogP contribution is -1.91. The smallest absolute Gasteiger partial charge is 0.450 e. The predicted molar refractivity (Wildman–Crippen MR) is 80.7 cm³/mol. The first-order valence-corrected chi connectivity index (χ1v) is 6.58. The fourth-order valence-corrected chi connectivity index (χ4v) is 2.02. The first-order chi connectivity index (χ1) is 9.90. The topological polar surface area (TPSA) is 101 Å². The van der Waals surface area contributed by atoms with E-state index in [2.05, 4.69) is 15.9 Å². The summed E-state index contributed by atoms with van der Waals surface area (Å²) in [6, 6.07) is 14.6. The highest BCUT2D eigenvalue weighted by molar-refractivity contribution is 9.10. The standard InChI is InChI=1S/C13H10BrNO2.CH2O3/c14-13-4-2-1-3-11(13)9-10-5-7-12(8-6-10)15(16)17;2-1(3)4/h1-8H,9H2;(H2,2,3,4). The zero-order chi connectivity index (χ0) is 15.8. The molecule has 0 aromatic heterocycles. The van der Waals surface area contributed by atoms with E-state index in [1.54, 1.807) is 12.1 Å². The summed E-state index contributed by atoms with van der Waals surface area (Å²) in [6.07, 6.45) is -1.07. The molecule has 7 heteroatoms. The average molecular weight is 354 g/mol. The van der Waals surface area contributed by atoms with Crippen molar-refractivity contribution in [2.75, 3.05) is 0 Å². The average Bonchev–Trinajstić information content (AvgIpc) is 2.41. The van der Waals surface area contributed by atoms with E-state index < -0.39 is 6.16 Å². The third-order valence-corrected chi connectivity index (χ3v) is 3.27. The third kappa shape index (κ3) is 6.05. The van der Waals surface area contributed by atoms with Gasteiger partial charge < -0.3 is 10.2 Å². The molecule has 0 aliphatic rings. The maximum atomic E-state index is 10.5. The highest BCUT2D eigenvalue weighted by atomic mass is 79.9. The molecule has 0 radical (unpaired) electrons. The summed E-state index contributed by atoms with van der Waals surface area (Å²) in [4.78, 5) is 18.7. The Morgan fingerprint density at radius 3 is 2.10 bits per heavy atom. The molecule has 0 aliphatic carbocycles. The molecule has 0 unspecified atom stereocenters. The molecule has 0 heterocycles. The van der Waals surface area contributed by atoms with Crippen molar-refractivity contribution in [2.45, 2.75) is 6.42 Å². The van der Waals surface area contributed by atoms with Crippen molar-refractivity contribution < 1.29 is 19.9 Å². The quantitative estimate of drug-likeness (QED) is 0.636. The van der Waals surface area contributed by atoms with E-state index in [9.17, 15) is 10.1 Å². The minimum atomic E-state index is -1.83. The van der Waals surface area contributed by atoms with Gasteiger partial charge in [-0.2, -0.15) is 0 Å². The summed E-state index contributed by atoms with van der Waals surface area (Å²) in [5, 5.41) is 24.5. The number of carboxylic acid groups (broad SMARTS) is 2. The first-order valence-electron chi connectivity index (χ1n) is 5.78. The maximum Gasteiger partial charge on any atom is 0.503 e. The second kappa shape index (κ2) is 8.01. The zero-order valence-electron chi connectivity index (χ0n) is 10.8. The fraction of sp³-hybridized carbons (Fsp3) is 0.0714. The van der Waals surface area contributed by atoms with E-state index in [1.807, 2.05) is 24.3 Å². The number of rotatable bonds is 3. The van der Waals surface area contributed by atoms with Crippen molar-refractivity contribution in [3.63, 3.8) is 0 Å². The molecule has 2 N–H and O–H groups in total. The molecule has 0 saturated carbocycles. The molecule has 0 atom stereocenters. The molecular weight excluding hydrogens is 342 g/mol. The van der Waals surface area contributed by atoms with Crippen molar-refractivity contribution in [1.82, 2.24) is 0 Å². The molecule has 2 aromatic carbocycles. The van der Waals surface area contributed by atoms with E-state index in [1.165, 1.54) is 17.7 Å². The van der Waals surface area contributed by atoms with Gasteiger partial charge in [0.05, 0.1) is 4.92 Å². The van der Waals surface area contributed by atoms with E-state index in [4.69, 9.17) is 15.0 Å². The number of halogens is 1. The van der Waals surface area contributed by atoms with Crippen molar-refractivity contribution in [2.24, 2.45) is 0 Å². The van der Waals surface area contributed by atoms with Crippen molar-refractivity contribution in [3.8, 4) is 0 Å². The Labute approximate surface area is 128 Å². The van der Waals surface area contributed by atoms with E-state index in [0.717, 1.165) is 16.5 Å². The SMILES string of the molecule is O=C(O)O.O=[N+]([O-])c1ccc(Cc2ccccc2Br)cc1.